The van der Waals surface area contributed by atoms with Gasteiger partial charge in [0.05, 0.1) is 24.5 Å². The summed E-state index contributed by atoms with van der Waals surface area (Å²) >= 11 is 3.22. The molecule has 0 radical (unpaired) electrons. The molecule has 2 aliphatic heterocycles. The summed E-state index contributed by atoms with van der Waals surface area (Å²) in [5, 5.41) is 15.4. The number of fused-ring (bicyclic) bond motifs is 5. The number of thiophene rings is 1. The van der Waals surface area contributed by atoms with Crippen molar-refractivity contribution in [3.8, 4) is 33.1 Å². The zero-order chi connectivity index (χ0) is 33.2. The number of thiazole rings is 1. The second-order valence-corrected chi connectivity index (χ2v) is 13.9. The molecule has 244 valence electrons. The molecule has 0 spiro atoms. The molecule has 0 saturated carbocycles. The van der Waals surface area contributed by atoms with E-state index in [4.69, 9.17) is 20.1 Å². The lowest BCUT2D eigenvalue weighted by Gasteiger charge is -2.24. The summed E-state index contributed by atoms with van der Waals surface area (Å²) < 4.78 is 21.8. The summed E-state index contributed by atoms with van der Waals surface area (Å²) in [6.07, 6.45) is 10.6. The largest absolute Gasteiger partial charge is 0.388 e. The van der Waals surface area contributed by atoms with Gasteiger partial charge in [0.1, 0.15) is 16.5 Å². The highest BCUT2D eigenvalue weighted by Crippen LogP contribution is 2.47. The number of ether oxygens (including phenoxy) is 1. The van der Waals surface area contributed by atoms with Crippen LogP contribution in [0.2, 0.25) is 0 Å². The monoisotopic (exact) mass is 677 g/mol. The van der Waals surface area contributed by atoms with Crippen molar-refractivity contribution in [3.63, 3.8) is 0 Å². The predicted molar refractivity (Wildman–Crippen MR) is 195 cm³/mol. The maximum absolute atomic E-state index is 14.8. The minimum atomic E-state index is -0.276. The molecule has 2 aromatic carbocycles. The van der Waals surface area contributed by atoms with Crippen molar-refractivity contribution in [2.24, 2.45) is 0 Å². The van der Waals surface area contributed by atoms with Gasteiger partial charge in [-0.3, -0.25) is 4.79 Å². The summed E-state index contributed by atoms with van der Waals surface area (Å²) in [7, 11) is 1.88. The number of pyridine rings is 1. The van der Waals surface area contributed by atoms with Gasteiger partial charge in [0.25, 0.3) is 0 Å². The average Bonchev–Trinajstić information content (AvgIpc) is 3.77. The maximum atomic E-state index is 14.8. The van der Waals surface area contributed by atoms with Crippen molar-refractivity contribution in [3.05, 3.63) is 99.7 Å². The number of halogens is 1. The van der Waals surface area contributed by atoms with Crippen molar-refractivity contribution in [2.75, 3.05) is 32.1 Å². The van der Waals surface area contributed by atoms with Gasteiger partial charge in [-0.25, -0.2) is 14.4 Å². The molecule has 0 unspecified atom stereocenters. The standard InChI is InChI=1S/C38H36FN5O2S2/c1-3-33(45)44-14-12-30-32(22-44)48-38(42-30)36-34-27-11-10-26(39)18-23(27)9-7-16-46-15-6-4-5-8-24-20-31(41-2)25(21-40)19-29(24)35(43-36)28-13-17-47-37(28)34/h3-4,6,10-11,13,17-21,40-41H,1,5,7-9,12,14-16,22H2,2H3/b6-4+,40-21?. The Balaban J connectivity index is 1.52. The molecular formula is C38H36FN5O2S2. The summed E-state index contributed by atoms with van der Waals surface area (Å²) in [6, 6.07) is 11.3. The normalized spacial score (nSPS) is 15.7. The zero-order valence-corrected chi connectivity index (χ0v) is 28.4. The lowest BCUT2D eigenvalue weighted by Crippen LogP contribution is -2.34. The van der Waals surface area contributed by atoms with Crippen LogP contribution in [0.25, 0.3) is 43.2 Å². The van der Waals surface area contributed by atoms with E-state index in [2.05, 4.69) is 47.6 Å². The zero-order valence-electron chi connectivity index (χ0n) is 26.8. The Labute approximate surface area is 287 Å². The van der Waals surface area contributed by atoms with Crippen LogP contribution < -0.4 is 5.32 Å². The molecule has 7 nitrogen and oxygen atoms in total. The van der Waals surface area contributed by atoms with Gasteiger partial charge in [0.15, 0.2) is 0 Å². The first-order valence-electron chi connectivity index (χ1n) is 16.2. The Morgan fingerprint density at radius 1 is 1.08 bits per heavy atom. The first-order valence-corrected chi connectivity index (χ1v) is 17.9. The molecule has 0 atom stereocenters. The maximum Gasteiger partial charge on any atom is 0.246 e. The van der Waals surface area contributed by atoms with E-state index < -0.39 is 0 Å². The highest BCUT2D eigenvalue weighted by molar-refractivity contribution is 7.18. The van der Waals surface area contributed by atoms with E-state index in [1.165, 1.54) is 18.4 Å². The number of carbonyl (C=O) groups is 1. The van der Waals surface area contributed by atoms with E-state index >= 15 is 0 Å². The van der Waals surface area contributed by atoms with Crippen LogP contribution in [0.15, 0.2) is 66.6 Å². The number of nitrogens with one attached hydrogen (secondary N) is 2. The molecule has 1 amide bonds. The first kappa shape index (κ1) is 32.1. The average molecular weight is 678 g/mol. The van der Waals surface area contributed by atoms with Crippen molar-refractivity contribution in [1.82, 2.24) is 14.9 Å². The number of aryl methyl sites for hydroxylation is 2. The highest BCUT2D eigenvalue weighted by Gasteiger charge is 2.28. The molecule has 5 aromatic rings. The van der Waals surface area contributed by atoms with E-state index in [0.717, 1.165) is 95.4 Å². The molecular weight excluding hydrogens is 642 g/mol. The Morgan fingerprint density at radius 3 is 2.79 bits per heavy atom. The Hall–Kier alpha value is -4.51. The van der Waals surface area contributed by atoms with E-state index in [-0.39, 0.29) is 11.7 Å². The second-order valence-electron chi connectivity index (χ2n) is 11.9. The van der Waals surface area contributed by atoms with Crippen LogP contribution in [0.4, 0.5) is 10.1 Å². The van der Waals surface area contributed by atoms with Crippen LogP contribution >= 0.6 is 22.7 Å². The fourth-order valence-electron chi connectivity index (χ4n) is 6.63. The molecule has 2 aliphatic rings. The predicted octanol–water partition coefficient (Wildman–Crippen LogP) is 8.45. The molecule has 0 aliphatic carbocycles. The van der Waals surface area contributed by atoms with Crippen LogP contribution in [0, 0.1) is 11.2 Å². The third-order valence-electron chi connectivity index (χ3n) is 9.02. The molecule has 48 heavy (non-hydrogen) atoms. The van der Waals surface area contributed by atoms with E-state index in [1.54, 1.807) is 33.6 Å². The van der Waals surface area contributed by atoms with Crippen LogP contribution in [0.3, 0.4) is 0 Å². The first-order chi connectivity index (χ1) is 23.5. The van der Waals surface area contributed by atoms with Gasteiger partial charge in [-0.15, -0.1) is 22.7 Å². The lowest BCUT2D eigenvalue weighted by molar-refractivity contribution is -0.126. The Morgan fingerprint density at radius 2 is 1.96 bits per heavy atom. The number of rotatable bonds is 4. The minimum Gasteiger partial charge on any atom is -0.388 e. The molecule has 0 saturated heterocycles. The van der Waals surface area contributed by atoms with Gasteiger partial charge in [-0.05, 0) is 84.2 Å². The summed E-state index contributed by atoms with van der Waals surface area (Å²) in [6.45, 7) is 5.84. The van der Waals surface area contributed by atoms with E-state index in [1.807, 2.05) is 13.1 Å². The number of benzene rings is 2. The van der Waals surface area contributed by atoms with Crippen molar-refractivity contribution in [2.45, 2.75) is 38.6 Å². The van der Waals surface area contributed by atoms with Crippen LogP contribution in [0.1, 0.15) is 40.1 Å². The molecule has 7 rings (SSSR count). The van der Waals surface area contributed by atoms with Gasteiger partial charge in [0.2, 0.25) is 5.91 Å². The van der Waals surface area contributed by atoms with Gasteiger partial charge < -0.3 is 20.4 Å². The van der Waals surface area contributed by atoms with Gasteiger partial charge in [0, 0.05) is 70.2 Å². The third kappa shape index (κ3) is 6.11. The number of hydrogen-bond donors (Lipinski definition) is 2. The number of hydrogen-bond acceptors (Lipinski definition) is 8. The highest BCUT2D eigenvalue weighted by atomic mass is 32.1. The molecule has 2 bridgehead atoms. The summed E-state index contributed by atoms with van der Waals surface area (Å²) in [5.41, 5.74) is 9.10. The Kier molecular flexibility index (Phi) is 9.30. The lowest BCUT2D eigenvalue weighted by atomic mass is 9.91. The molecule has 2 N–H and O–H groups in total. The number of amides is 1. The van der Waals surface area contributed by atoms with Crippen molar-refractivity contribution in [1.29, 1.82) is 5.41 Å². The minimum absolute atomic E-state index is 0.0880. The van der Waals surface area contributed by atoms with Gasteiger partial charge >= 0.3 is 0 Å². The van der Waals surface area contributed by atoms with E-state index in [0.29, 0.717) is 39.1 Å². The SMILES string of the molecule is C=CC(=O)N1CCc2nc(-c3nc4c5ccsc5c3-c3ccc(F)cc3CCCOC/C=C/CCc3cc(NC)c(C=N)cc3-4)sc2C1. The molecule has 0 fully saturated rings. The van der Waals surface area contributed by atoms with Crippen LogP contribution in [-0.4, -0.2) is 53.8 Å². The number of allylic oxidation sites excluding steroid dienone is 1. The third-order valence-corrected chi connectivity index (χ3v) is 11.0. The summed E-state index contributed by atoms with van der Waals surface area (Å²) in [5.74, 6) is -0.364. The number of carbonyl (C=O) groups excluding carboxylic acids is 1. The van der Waals surface area contributed by atoms with Crippen molar-refractivity contribution >= 4 is 50.6 Å². The number of anilines is 1. The number of nitrogens with zero attached hydrogens (tertiary/aromatic N) is 3. The molecule has 10 heteroatoms. The van der Waals surface area contributed by atoms with Crippen molar-refractivity contribution < 1.29 is 13.9 Å². The topological polar surface area (TPSA) is 91.2 Å². The van der Waals surface area contributed by atoms with E-state index in [9.17, 15) is 9.18 Å². The fourth-order valence-corrected chi connectivity index (χ4v) is 8.70. The van der Waals surface area contributed by atoms with Crippen LogP contribution in [0.5, 0.6) is 0 Å². The molecule has 5 heterocycles. The molecule has 3 aromatic heterocycles. The smallest absolute Gasteiger partial charge is 0.246 e. The fraction of sp³-hybridized carbons (Fsp3) is 0.263. The quantitative estimate of drug-likeness (QED) is 0.113. The second kappa shape index (κ2) is 13.9. The van der Waals surface area contributed by atoms with Gasteiger partial charge in [-0.2, -0.15) is 0 Å². The Bertz CT molecular complexity index is 2080. The van der Waals surface area contributed by atoms with Gasteiger partial charge in [-0.1, -0.05) is 24.8 Å². The number of aromatic nitrogens is 2. The van der Waals surface area contributed by atoms with Crippen LogP contribution in [-0.2, 0) is 35.3 Å². The summed E-state index contributed by atoms with van der Waals surface area (Å²) in [4.78, 5) is 26.0.